The van der Waals surface area contributed by atoms with Crippen molar-refractivity contribution in [3.05, 3.63) is 28.1 Å². The molecule has 1 aromatic rings. The van der Waals surface area contributed by atoms with Gasteiger partial charge < -0.3 is 14.6 Å². The lowest BCUT2D eigenvalue weighted by Gasteiger charge is -2.17. The van der Waals surface area contributed by atoms with Crippen molar-refractivity contribution in [1.29, 1.82) is 0 Å². The van der Waals surface area contributed by atoms with E-state index < -0.39 is 4.92 Å². The minimum Gasteiger partial charge on any atom is -0.396 e. The van der Waals surface area contributed by atoms with E-state index in [1.165, 1.54) is 12.3 Å². The third-order valence-corrected chi connectivity index (χ3v) is 3.89. The maximum absolute atomic E-state index is 12.5. The van der Waals surface area contributed by atoms with Gasteiger partial charge in [0.25, 0.3) is 11.6 Å². The number of carbonyl (C=O) groups is 1. The molecular weight excluding hydrogens is 274 g/mol. The first-order valence-electron chi connectivity index (χ1n) is 7.31. The van der Waals surface area contributed by atoms with E-state index in [4.69, 9.17) is 5.11 Å². The molecule has 0 aliphatic carbocycles. The lowest BCUT2D eigenvalue weighted by atomic mass is 10.1. The van der Waals surface area contributed by atoms with Crippen LogP contribution in [0.5, 0.6) is 0 Å². The lowest BCUT2D eigenvalue weighted by molar-refractivity contribution is -0.384. The standard InChI is InChI=1S/C14H21N3O4/c1-2-5-15-10-12(17(20)21)8-13(15)14(19)16-6-3-11(9-16)4-7-18/h8,10-11,18H,2-7,9H2,1H3. The number of likely N-dealkylation sites (tertiary alicyclic amines) is 1. The molecule has 1 aliphatic heterocycles. The van der Waals surface area contributed by atoms with E-state index in [9.17, 15) is 14.9 Å². The maximum Gasteiger partial charge on any atom is 0.287 e. The van der Waals surface area contributed by atoms with E-state index in [1.54, 1.807) is 9.47 Å². The minimum absolute atomic E-state index is 0.0436. The van der Waals surface area contributed by atoms with E-state index >= 15 is 0 Å². The highest BCUT2D eigenvalue weighted by molar-refractivity contribution is 5.93. The quantitative estimate of drug-likeness (QED) is 0.638. The summed E-state index contributed by atoms with van der Waals surface area (Å²) in [5, 5.41) is 19.9. The van der Waals surface area contributed by atoms with Gasteiger partial charge in [-0.2, -0.15) is 0 Å². The molecule has 2 heterocycles. The second kappa shape index (κ2) is 6.71. The fraction of sp³-hybridized carbons (Fsp3) is 0.643. The molecule has 1 unspecified atom stereocenters. The Labute approximate surface area is 123 Å². The summed E-state index contributed by atoms with van der Waals surface area (Å²) >= 11 is 0. The zero-order chi connectivity index (χ0) is 15.4. The number of aryl methyl sites for hydroxylation is 1. The number of aliphatic hydroxyl groups is 1. The molecule has 0 saturated carbocycles. The number of rotatable bonds is 6. The van der Waals surface area contributed by atoms with Crippen LogP contribution >= 0.6 is 0 Å². The second-order valence-corrected chi connectivity index (χ2v) is 5.45. The summed E-state index contributed by atoms with van der Waals surface area (Å²) in [6, 6.07) is 1.36. The Morgan fingerprint density at radius 2 is 2.33 bits per heavy atom. The Kier molecular flexibility index (Phi) is 4.95. The molecule has 0 bridgehead atoms. The summed E-state index contributed by atoms with van der Waals surface area (Å²) in [5.74, 6) is 0.167. The van der Waals surface area contributed by atoms with Gasteiger partial charge in [-0.1, -0.05) is 6.92 Å². The van der Waals surface area contributed by atoms with Crippen LogP contribution in [0.1, 0.15) is 36.7 Å². The summed E-state index contributed by atoms with van der Waals surface area (Å²) in [6.07, 6.45) is 3.81. The molecule has 1 aromatic heterocycles. The Bertz CT molecular complexity index is 526. The predicted molar refractivity (Wildman–Crippen MR) is 77.1 cm³/mol. The normalized spacial score (nSPS) is 18.2. The van der Waals surface area contributed by atoms with E-state index in [-0.39, 0.29) is 18.2 Å². The molecule has 116 valence electrons. The molecule has 1 saturated heterocycles. The fourth-order valence-electron chi connectivity index (χ4n) is 2.80. The number of hydrogen-bond acceptors (Lipinski definition) is 4. The fourth-order valence-corrected chi connectivity index (χ4v) is 2.80. The van der Waals surface area contributed by atoms with Crippen LogP contribution in [-0.2, 0) is 6.54 Å². The first kappa shape index (κ1) is 15.5. The summed E-state index contributed by atoms with van der Waals surface area (Å²) < 4.78 is 1.67. The van der Waals surface area contributed by atoms with E-state index in [2.05, 4.69) is 0 Å². The highest BCUT2D eigenvalue weighted by atomic mass is 16.6. The first-order chi connectivity index (χ1) is 10.1. The number of carbonyl (C=O) groups excluding carboxylic acids is 1. The molecule has 21 heavy (non-hydrogen) atoms. The van der Waals surface area contributed by atoms with Gasteiger partial charge in [0.1, 0.15) is 5.69 Å². The van der Waals surface area contributed by atoms with Crippen molar-refractivity contribution in [2.24, 2.45) is 5.92 Å². The van der Waals surface area contributed by atoms with Crippen LogP contribution in [-0.4, -0.2) is 45.1 Å². The molecule has 1 amide bonds. The molecule has 0 radical (unpaired) electrons. The number of nitrogens with zero attached hydrogens (tertiary/aromatic N) is 3. The van der Waals surface area contributed by atoms with E-state index in [0.717, 1.165) is 12.8 Å². The van der Waals surface area contributed by atoms with Gasteiger partial charge in [-0.05, 0) is 25.2 Å². The van der Waals surface area contributed by atoms with Gasteiger partial charge in [-0.25, -0.2) is 0 Å². The predicted octanol–water partition coefficient (Wildman–Crippen LogP) is 1.65. The molecule has 7 nitrogen and oxygen atoms in total. The van der Waals surface area contributed by atoms with E-state index in [0.29, 0.717) is 37.7 Å². The summed E-state index contributed by atoms with van der Waals surface area (Å²) in [5.41, 5.74) is 0.339. The number of nitro groups is 1. The minimum atomic E-state index is -0.471. The highest BCUT2D eigenvalue weighted by Gasteiger charge is 2.29. The number of hydrogen-bond donors (Lipinski definition) is 1. The van der Waals surface area contributed by atoms with Gasteiger partial charge >= 0.3 is 0 Å². The first-order valence-corrected chi connectivity index (χ1v) is 7.31. The molecule has 7 heteroatoms. The second-order valence-electron chi connectivity index (χ2n) is 5.45. The van der Waals surface area contributed by atoms with Crippen molar-refractivity contribution in [2.75, 3.05) is 19.7 Å². The van der Waals surface area contributed by atoms with E-state index in [1.807, 2.05) is 6.92 Å². The van der Waals surface area contributed by atoms with Crippen LogP contribution in [0.15, 0.2) is 12.3 Å². The van der Waals surface area contributed by atoms with Gasteiger partial charge in [0.05, 0.1) is 11.1 Å². The van der Waals surface area contributed by atoms with Crippen LogP contribution in [0.25, 0.3) is 0 Å². The molecule has 1 N–H and O–H groups in total. The van der Waals surface area contributed by atoms with Gasteiger partial charge in [-0.3, -0.25) is 14.9 Å². The third kappa shape index (κ3) is 3.41. The smallest absolute Gasteiger partial charge is 0.287 e. The average Bonchev–Trinajstić information content (AvgIpc) is 3.06. The lowest BCUT2D eigenvalue weighted by Crippen LogP contribution is -2.30. The molecule has 1 fully saturated rings. The largest absolute Gasteiger partial charge is 0.396 e. The van der Waals surface area contributed by atoms with Crippen LogP contribution < -0.4 is 0 Å². The monoisotopic (exact) mass is 295 g/mol. The number of aromatic nitrogens is 1. The zero-order valence-corrected chi connectivity index (χ0v) is 12.2. The van der Waals surface area contributed by atoms with Crippen LogP contribution in [0.4, 0.5) is 5.69 Å². The number of aliphatic hydroxyl groups excluding tert-OH is 1. The zero-order valence-electron chi connectivity index (χ0n) is 12.2. The van der Waals surface area contributed by atoms with Crippen LogP contribution in [0, 0.1) is 16.0 Å². The molecular formula is C14H21N3O4. The van der Waals surface area contributed by atoms with Gasteiger partial charge in [0.2, 0.25) is 0 Å². The Morgan fingerprint density at radius 3 is 2.95 bits per heavy atom. The Balaban J connectivity index is 2.16. The maximum atomic E-state index is 12.5. The third-order valence-electron chi connectivity index (χ3n) is 3.89. The highest BCUT2D eigenvalue weighted by Crippen LogP contribution is 2.24. The molecule has 1 atom stereocenters. The molecule has 0 spiro atoms. The molecule has 1 aliphatic rings. The Hall–Kier alpha value is -1.89. The van der Waals surface area contributed by atoms with Crippen molar-refractivity contribution in [1.82, 2.24) is 9.47 Å². The van der Waals surface area contributed by atoms with Gasteiger partial charge in [-0.15, -0.1) is 0 Å². The van der Waals surface area contributed by atoms with Crippen molar-refractivity contribution in [2.45, 2.75) is 32.7 Å². The van der Waals surface area contributed by atoms with Crippen molar-refractivity contribution in [3.63, 3.8) is 0 Å². The molecule has 2 rings (SSSR count). The van der Waals surface area contributed by atoms with Crippen molar-refractivity contribution < 1.29 is 14.8 Å². The average molecular weight is 295 g/mol. The van der Waals surface area contributed by atoms with Gasteiger partial charge in [0.15, 0.2) is 0 Å². The Morgan fingerprint density at radius 1 is 1.57 bits per heavy atom. The topological polar surface area (TPSA) is 88.6 Å². The summed E-state index contributed by atoms with van der Waals surface area (Å²) in [6.45, 7) is 3.94. The summed E-state index contributed by atoms with van der Waals surface area (Å²) in [7, 11) is 0. The van der Waals surface area contributed by atoms with Crippen LogP contribution in [0.3, 0.4) is 0 Å². The SMILES string of the molecule is CCCn1cc([N+](=O)[O-])cc1C(=O)N1CCC(CCO)C1. The van der Waals surface area contributed by atoms with Crippen molar-refractivity contribution in [3.8, 4) is 0 Å². The summed E-state index contributed by atoms with van der Waals surface area (Å²) in [4.78, 5) is 24.7. The molecule has 0 aromatic carbocycles. The van der Waals surface area contributed by atoms with Crippen molar-refractivity contribution >= 4 is 11.6 Å². The van der Waals surface area contributed by atoms with Gasteiger partial charge in [0, 0.05) is 32.3 Å². The van der Waals surface area contributed by atoms with Crippen LogP contribution in [0.2, 0.25) is 0 Å². The number of amides is 1.